The molecule has 0 saturated carbocycles. The molecule has 8 nitrogen and oxygen atoms in total. The molecule has 0 spiro atoms. The molecule has 0 heterocycles. The topological polar surface area (TPSA) is 105 Å². The van der Waals surface area contributed by atoms with E-state index in [1.807, 2.05) is 0 Å². The Morgan fingerprint density at radius 1 is 0.714 bits per heavy atom. The lowest BCUT2D eigenvalue weighted by molar-refractivity contribution is -0.138. The Bertz CT molecular complexity index is 682. The molecule has 8 heteroatoms. The number of esters is 4. The van der Waals surface area contributed by atoms with Gasteiger partial charge in [-0.25, -0.2) is 4.79 Å². The summed E-state index contributed by atoms with van der Waals surface area (Å²) < 4.78 is 20.5. The fourth-order valence-corrected chi connectivity index (χ4v) is 2.19. The number of ether oxygens (including phenoxy) is 4. The molecule has 154 valence electrons. The predicted molar refractivity (Wildman–Crippen MR) is 99.4 cm³/mol. The Morgan fingerprint density at radius 2 is 1.11 bits per heavy atom. The van der Waals surface area contributed by atoms with Crippen molar-refractivity contribution in [1.82, 2.24) is 0 Å². The van der Waals surface area contributed by atoms with Crippen LogP contribution in [0.25, 0.3) is 0 Å². The zero-order valence-corrected chi connectivity index (χ0v) is 16.7. The molecule has 0 radical (unpaired) electrons. The van der Waals surface area contributed by atoms with E-state index in [0.717, 1.165) is 0 Å². The van der Waals surface area contributed by atoms with E-state index >= 15 is 0 Å². The fraction of sp³-hybridized carbons (Fsp3) is 0.500. The monoisotopic (exact) mass is 394 g/mol. The standard InChI is InChI=1S/C20H26O8/c1-5-8-16(21)26-14-11-13(20(24)25-4)12-15(27-17(22)9-6-2)19(14)28-18(23)10-7-3/h11-12H,5-10H2,1-4H3. The van der Waals surface area contributed by atoms with E-state index < -0.39 is 23.9 Å². The highest BCUT2D eigenvalue weighted by molar-refractivity contribution is 5.92. The van der Waals surface area contributed by atoms with Gasteiger partial charge in [-0.1, -0.05) is 20.8 Å². The zero-order valence-electron chi connectivity index (χ0n) is 16.7. The van der Waals surface area contributed by atoms with Gasteiger partial charge < -0.3 is 18.9 Å². The quantitative estimate of drug-likeness (QED) is 0.438. The van der Waals surface area contributed by atoms with Gasteiger partial charge in [0.25, 0.3) is 0 Å². The maximum absolute atomic E-state index is 12.0. The van der Waals surface area contributed by atoms with Crippen molar-refractivity contribution in [2.24, 2.45) is 0 Å². The molecular weight excluding hydrogens is 368 g/mol. The van der Waals surface area contributed by atoms with Crippen LogP contribution >= 0.6 is 0 Å². The minimum absolute atomic E-state index is 0.0172. The number of hydrogen-bond donors (Lipinski definition) is 0. The maximum Gasteiger partial charge on any atom is 0.338 e. The summed E-state index contributed by atoms with van der Waals surface area (Å²) in [6.07, 6.45) is 1.97. The second-order valence-corrected chi connectivity index (χ2v) is 5.97. The summed E-state index contributed by atoms with van der Waals surface area (Å²) >= 11 is 0. The number of carbonyl (C=O) groups is 4. The first-order valence-electron chi connectivity index (χ1n) is 9.24. The molecule has 0 aliphatic rings. The fourth-order valence-electron chi connectivity index (χ4n) is 2.19. The van der Waals surface area contributed by atoms with Gasteiger partial charge in [0, 0.05) is 19.3 Å². The third kappa shape index (κ3) is 7.02. The van der Waals surface area contributed by atoms with E-state index in [1.54, 1.807) is 20.8 Å². The average molecular weight is 394 g/mol. The van der Waals surface area contributed by atoms with Crippen LogP contribution in [-0.2, 0) is 19.1 Å². The first kappa shape index (κ1) is 23.1. The van der Waals surface area contributed by atoms with Crippen molar-refractivity contribution in [2.75, 3.05) is 7.11 Å². The third-order valence-corrected chi connectivity index (χ3v) is 3.47. The second kappa shape index (κ2) is 11.7. The Morgan fingerprint density at radius 3 is 1.46 bits per heavy atom. The number of carbonyl (C=O) groups excluding carboxylic acids is 4. The van der Waals surface area contributed by atoms with Crippen molar-refractivity contribution in [3.8, 4) is 17.2 Å². The molecule has 0 saturated heterocycles. The molecule has 1 rings (SSSR count). The second-order valence-electron chi connectivity index (χ2n) is 5.97. The Labute approximate surface area is 164 Å². The number of methoxy groups -OCH3 is 1. The Hall–Kier alpha value is -2.90. The van der Waals surface area contributed by atoms with Crippen molar-refractivity contribution in [2.45, 2.75) is 59.3 Å². The summed E-state index contributed by atoms with van der Waals surface area (Å²) in [7, 11) is 1.18. The van der Waals surface area contributed by atoms with Crippen LogP contribution in [0, 0.1) is 0 Å². The van der Waals surface area contributed by atoms with Gasteiger partial charge >= 0.3 is 23.9 Å². The summed E-state index contributed by atoms with van der Waals surface area (Å²) in [5.41, 5.74) is -0.0172. The van der Waals surface area contributed by atoms with Gasteiger partial charge in [0.1, 0.15) is 0 Å². The molecule has 1 aromatic carbocycles. The molecule has 0 aliphatic heterocycles. The molecule has 0 fully saturated rings. The van der Waals surface area contributed by atoms with Crippen LogP contribution in [0.1, 0.15) is 69.7 Å². The maximum atomic E-state index is 12.0. The normalized spacial score (nSPS) is 10.1. The third-order valence-electron chi connectivity index (χ3n) is 3.47. The Kier molecular flexibility index (Phi) is 9.70. The minimum atomic E-state index is -0.730. The highest BCUT2D eigenvalue weighted by atomic mass is 16.6. The molecule has 28 heavy (non-hydrogen) atoms. The van der Waals surface area contributed by atoms with Gasteiger partial charge in [-0.3, -0.25) is 14.4 Å². The minimum Gasteiger partial charge on any atom is -0.465 e. The van der Waals surface area contributed by atoms with Crippen molar-refractivity contribution in [3.05, 3.63) is 17.7 Å². The first-order chi connectivity index (χ1) is 13.4. The van der Waals surface area contributed by atoms with Crippen LogP contribution in [0.4, 0.5) is 0 Å². The van der Waals surface area contributed by atoms with Crippen LogP contribution in [0.15, 0.2) is 12.1 Å². The smallest absolute Gasteiger partial charge is 0.338 e. The van der Waals surface area contributed by atoms with Crippen LogP contribution in [0.2, 0.25) is 0 Å². The molecule has 1 aromatic rings. The number of rotatable bonds is 10. The summed E-state index contributed by atoms with van der Waals surface area (Å²) in [6.45, 7) is 5.39. The highest BCUT2D eigenvalue weighted by Crippen LogP contribution is 2.40. The van der Waals surface area contributed by atoms with Crippen LogP contribution in [-0.4, -0.2) is 31.0 Å². The van der Waals surface area contributed by atoms with E-state index in [9.17, 15) is 19.2 Å². The highest BCUT2D eigenvalue weighted by Gasteiger charge is 2.24. The van der Waals surface area contributed by atoms with Gasteiger partial charge in [0.05, 0.1) is 12.7 Å². The largest absolute Gasteiger partial charge is 0.465 e. The van der Waals surface area contributed by atoms with Crippen molar-refractivity contribution >= 4 is 23.9 Å². The predicted octanol–water partition coefficient (Wildman–Crippen LogP) is 3.59. The van der Waals surface area contributed by atoms with Crippen molar-refractivity contribution in [3.63, 3.8) is 0 Å². The summed E-state index contributed by atoms with van der Waals surface area (Å²) in [6, 6.07) is 2.43. The lowest BCUT2D eigenvalue weighted by Gasteiger charge is -2.16. The summed E-state index contributed by atoms with van der Waals surface area (Å²) in [5.74, 6) is -3.08. The van der Waals surface area contributed by atoms with E-state index in [1.165, 1.54) is 19.2 Å². The molecule has 0 bridgehead atoms. The Balaban J connectivity index is 3.46. The van der Waals surface area contributed by atoms with E-state index in [4.69, 9.17) is 14.2 Å². The van der Waals surface area contributed by atoms with E-state index in [0.29, 0.717) is 19.3 Å². The zero-order chi connectivity index (χ0) is 21.1. The van der Waals surface area contributed by atoms with Crippen molar-refractivity contribution < 1.29 is 38.1 Å². The van der Waals surface area contributed by atoms with Gasteiger partial charge in [-0.15, -0.1) is 0 Å². The van der Waals surface area contributed by atoms with Gasteiger partial charge in [-0.2, -0.15) is 0 Å². The number of benzene rings is 1. The molecule has 0 aliphatic carbocycles. The molecule has 0 atom stereocenters. The first-order valence-corrected chi connectivity index (χ1v) is 9.24. The molecule has 0 aromatic heterocycles. The van der Waals surface area contributed by atoms with Gasteiger partial charge in [0.15, 0.2) is 11.5 Å². The molecule has 0 N–H and O–H groups in total. The van der Waals surface area contributed by atoms with E-state index in [-0.39, 0.29) is 42.1 Å². The van der Waals surface area contributed by atoms with Gasteiger partial charge in [0.2, 0.25) is 5.75 Å². The van der Waals surface area contributed by atoms with Crippen molar-refractivity contribution in [1.29, 1.82) is 0 Å². The summed E-state index contributed by atoms with van der Waals surface area (Å²) in [5, 5.41) is 0. The van der Waals surface area contributed by atoms with Crippen LogP contribution < -0.4 is 14.2 Å². The van der Waals surface area contributed by atoms with E-state index in [2.05, 4.69) is 4.74 Å². The van der Waals surface area contributed by atoms with Gasteiger partial charge in [-0.05, 0) is 31.4 Å². The molecule has 0 unspecified atom stereocenters. The molecular formula is C20H26O8. The molecule has 0 amide bonds. The average Bonchev–Trinajstić information content (AvgIpc) is 2.63. The van der Waals surface area contributed by atoms with Crippen LogP contribution in [0.5, 0.6) is 17.2 Å². The summed E-state index contributed by atoms with van der Waals surface area (Å²) in [4.78, 5) is 47.9. The van der Waals surface area contributed by atoms with Crippen LogP contribution in [0.3, 0.4) is 0 Å². The lowest BCUT2D eigenvalue weighted by Crippen LogP contribution is -2.15. The number of hydrogen-bond acceptors (Lipinski definition) is 8. The SMILES string of the molecule is CCCC(=O)Oc1cc(C(=O)OC)cc(OC(=O)CCC)c1OC(=O)CCC. The lowest BCUT2D eigenvalue weighted by atomic mass is 10.1.